The summed E-state index contributed by atoms with van der Waals surface area (Å²) in [6.07, 6.45) is 2.75. The van der Waals surface area contributed by atoms with Crippen LogP contribution in [0.3, 0.4) is 0 Å². The Hall–Kier alpha value is -1.47. The van der Waals surface area contributed by atoms with Crippen molar-refractivity contribution in [1.82, 2.24) is 4.90 Å². The van der Waals surface area contributed by atoms with E-state index in [2.05, 4.69) is 45.4 Å². The van der Waals surface area contributed by atoms with E-state index in [1.54, 1.807) is 4.90 Å². The molecule has 7 heteroatoms. The fourth-order valence-electron chi connectivity index (χ4n) is 2.67. The summed E-state index contributed by atoms with van der Waals surface area (Å²) in [4.78, 5) is 18.4. The van der Waals surface area contributed by atoms with Crippen molar-refractivity contribution in [2.75, 3.05) is 6.54 Å². The van der Waals surface area contributed by atoms with Gasteiger partial charge in [-0.2, -0.15) is 0 Å². The summed E-state index contributed by atoms with van der Waals surface area (Å²) in [7, 11) is -1.99. The molecule has 0 radical (unpaired) electrons. The molecule has 0 aromatic carbocycles. The Kier molecular flexibility index (Phi) is 7.81. The average molecular weight is 413 g/mol. The Morgan fingerprint density at radius 2 is 1.82 bits per heavy atom. The minimum atomic E-state index is -1.99. The van der Waals surface area contributed by atoms with Crippen LogP contribution in [-0.4, -0.2) is 49.8 Å². The number of rotatable bonds is 5. The summed E-state index contributed by atoms with van der Waals surface area (Å²) in [5.41, 5.74) is 0.0356. The van der Waals surface area contributed by atoms with Crippen LogP contribution in [-0.2, 0) is 9.16 Å². The molecule has 1 saturated heterocycles. The molecule has 1 heterocycles. The highest BCUT2D eigenvalue weighted by atomic mass is 28.4. The zero-order chi connectivity index (χ0) is 21.9. The van der Waals surface area contributed by atoms with Gasteiger partial charge in [0.2, 0.25) is 0 Å². The standard InChI is InChI=1S/C21H37FN2O3Si/c1-15(12-23-13-16(2)22)18-11-17(27-28(9,10)21(6,7)8)14-24(18)19(25)26-20(3,4)5/h12-13,17-18H,1,11,14H2,2-10H3/b16-13+,23-12?/t17?,18-/m1/s1. The zero-order valence-corrected chi connectivity index (χ0v) is 19.9. The van der Waals surface area contributed by atoms with Crippen molar-refractivity contribution >= 4 is 20.6 Å². The van der Waals surface area contributed by atoms with Crippen LogP contribution in [0.1, 0.15) is 54.9 Å². The van der Waals surface area contributed by atoms with E-state index in [0.29, 0.717) is 18.5 Å². The van der Waals surface area contributed by atoms with E-state index in [1.807, 2.05) is 20.8 Å². The molecule has 5 nitrogen and oxygen atoms in total. The third kappa shape index (κ3) is 7.17. The van der Waals surface area contributed by atoms with E-state index in [-0.39, 0.29) is 17.2 Å². The highest BCUT2D eigenvalue weighted by Crippen LogP contribution is 2.39. The second-order valence-electron chi connectivity index (χ2n) is 9.95. The maximum Gasteiger partial charge on any atom is 0.410 e. The number of nitrogens with zero attached hydrogens (tertiary/aromatic N) is 2. The van der Waals surface area contributed by atoms with Crippen LogP contribution >= 0.6 is 0 Å². The van der Waals surface area contributed by atoms with Crippen LogP contribution in [0.2, 0.25) is 18.1 Å². The highest BCUT2D eigenvalue weighted by Gasteiger charge is 2.44. The predicted octanol–water partition coefficient (Wildman–Crippen LogP) is 5.84. The summed E-state index contributed by atoms with van der Waals surface area (Å²) >= 11 is 0. The lowest BCUT2D eigenvalue weighted by Gasteiger charge is -2.38. The van der Waals surface area contributed by atoms with Gasteiger partial charge in [0.05, 0.1) is 18.3 Å². The van der Waals surface area contributed by atoms with Gasteiger partial charge in [-0.1, -0.05) is 27.4 Å². The SMILES string of the molecule is C=C(C=N/C=C(\C)F)[C@H]1CC(O[Si](C)(C)C(C)(C)C)CN1C(=O)OC(C)(C)C. The molecule has 1 fully saturated rings. The van der Waals surface area contributed by atoms with E-state index < -0.39 is 25.8 Å². The molecule has 0 aliphatic carbocycles. The predicted molar refractivity (Wildman–Crippen MR) is 116 cm³/mol. The molecule has 1 amide bonds. The van der Waals surface area contributed by atoms with Gasteiger partial charge in [-0.3, -0.25) is 9.89 Å². The number of carbonyl (C=O) groups is 1. The molecule has 1 rings (SSSR count). The quantitative estimate of drug-likeness (QED) is 0.421. The van der Waals surface area contributed by atoms with Gasteiger partial charge in [0.1, 0.15) is 11.4 Å². The normalized spacial score (nSPS) is 22.1. The molecule has 0 aromatic heterocycles. The smallest absolute Gasteiger partial charge is 0.410 e. The first-order valence-corrected chi connectivity index (χ1v) is 12.7. The summed E-state index contributed by atoms with van der Waals surface area (Å²) in [6, 6.07) is -0.290. The van der Waals surface area contributed by atoms with E-state index in [4.69, 9.17) is 9.16 Å². The van der Waals surface area contributed by atoms with Crippen LogP contribution in [0.4, 0.5) is 9.18 Å². The lowest BCUT2D eigenvalue weighted by atomic mass is 10.1. The molecule has 0 N–H and O–H groups in total. The number of carbonyl (C=O) groups excluding carboxylic acids is 1. The minimum absolute atomic E-state index is 0.0732. The van der Waals surface area contributed by atoms with Gasteiger partial charge in [0, 0.05) is 12.8 Å². The highest BCUT2D eigenvalue weighted by molar-refractivity contribution is 6.74. The van der Waals surface area contributed by atoms with Crippen molar-refractivity contribution in [1.29, 1.82) is 0 Å². The summed E-state index contributed by atoms with van der Waals surface area (Å²) < 4.78 is 25.0. The molecule has 0 aromatic rings. The van der Waals surface area contributed by atoms with Crippen LogP contribution < -0.4 is 0 Å². The molecular formula is C21H37FN2O3Si. The topological polar surface area (TPSA) is 51.1 Å². The average Bonchev–Trinajstić information content (AvgIpc) is 2.87. The summed E-state index contributed by atoms with van der Waals surface area (Å²) in [6.45, 7) is 22.3. The molecule has 2 atom stereocenters. The fraction of sp³-hybridized carbons (Fsp3) is 0.714. The van der Waals surface area contributed by atoms with Crippen LogP contribution in [0, 0.1) is 0 Å². The van der Waals surface area contributed by atoms with Crippen molar-refractivity contribution in [2.45, 2.75) is 90.8 Å². The zero-order valence-electron chi connectivity index (χ0n) is 18.9. The van der Waals surface area contributed by atoms with Gasteiger partial charge < -0.3 is 9.16 Å². The second kappa shape index (κ2) is 8.90. The van der Waals surface area contributed by atoms with E-state index >= 15 is 0 Å². The molecule has 1 aliphatic heterocycles. The molecule has 0 saturated carbocycles. The number of likely N-dealkylation sites (tertiary alicyclic amines) is 1. The summed E-state index contributed by atoms with van der Waals surface area (Å²) in [5, 5.41) is 0.0732. The lowest BCUT2D eigenvalue weighted by molar-refractivity contribution is 0.0234. The van der Waals surface area contributed by atoms with Gasteiger partial charge in [-0.25, -0.2) is 9.18 Å². The second-order valence-corrected chi connectivity index (χ2v) is 14.7. The Morgan fingerprint density at radius 3 is 2.29 bits per heavy atom. The number of amides is 1. The lowest BCUT2D eigenvalue weighted by Crippen LogP contribution is -2.45. The Morgan fingerprint density at radius 1 is 1.25 bits per heavy atom. The van der Waals surface area contributed by atoms with Crippen LogP contribution in [0.25, 0.3) is 0 Å². The van der Waals surface area contributed by atoms with Crippen molar-refractivity contribution < 1.29 is 18.3 Å². The van der Waals surface area contributed by atoms with Crippen molar-refractivity contribution in [3.05, 3.63) is 24.2 Å². The van der Waals surface area contributed by atoms with Crippen molar-refractivity contribution in [3.8, 4) is 0 Å². The monoisotopic (exact) mass is 412 g/mol. The number of aliphatic imine (C=N–C) groups is 1. The molecule has 160 valence electrons. The van der Waals surface area contributed by atoms with Crippen molar-refractivity contribution in [3.63, 3.8) is 0 Å². The maximum atomic E-state index is 12.9. The number of hydrogen-bond donors (Lipinski definition) is 0. The fourth-order valence-corrected chi connectivity index (χ4v) is 4.03. The van der Waals surface area contributed by atoms with Gasteiger partial charge in [0.25, 0.3) is 0 Å². The Balaban J connectivity index is 3.04. The minimum Gasteiger partial charge on any atom is -0.444 e. The largest absolute Gasteiger partial charge is 0.444 e. The van der Waals surface area contributed by atoms with E-state index in [9.17, 15) is 9.18 Å². The molecule has 0 bridgehead atoms. The number of hydrogen-bond acceptors (Lipinski definition) is 4. The molecule has 1 aliphatic rings. The first-order chi connectivity index (χ1) is 12.5. The van der Waals surface area contributed by atoms with Gasteiger partial charge >= 0.3 is 6.09 Å². The first-order valence-electron chi connectivity index (χ1n) is 9.75. The van der Waals surface area contributed by atoms with E-state index in [0.717, 1.165) is 6.20 Å². The third-order valence-corrected chi connectivity index (χ3v) is 9.61. The number of ether oxygens (including phenoxy) is 1. The third-order valence-electron chi connectivity index (χ3n) is 5.08. The van der Waals surface area contributed by atoms with Crippen molar-refractivity contribution in [2.24, 2.45) is 4.99 Å². The molecule has 0 spiro atoms. The van der Waals surface area contributed by atoms with Gasteiger partial charge in [0.15, 0.2) is 8.32 Å². The Bertz CT molecular complexity index is 641. The molecule has 28 heavy (non-hydrogen) atoms. The number of halogens is 1. The molecule has 1 unspecified atom stereocenters. The van der Waals surface area contributed by atoms with Gasteiger partial charge in [-0.15, -0.1) is 0 Å². The van der Waals surface area contributed by atoms with Gasteiger partial charge in [-0.05, 0) is 57.8 Å². The number of allylic oxidation sites excluding steroid dienone is 1. The van der Waals surface area contributed by atoms with E-state index in [1.165, 1.54) is 13.1 Å². The van der Waals surface area contributed by atoms with Crippen LogP contribution in [0.5, 0.6) is 0 Å². The first kappa shape index (κ1) is 24.6. The van der Waals surface area contributed by atoms with Crippen LogP contribution in [0.15, 0.2) is 29.2 Å². The Labute approximate surface area is 170 Å². The molecular weight excluding hydrogens is 375 g/mol. The summed E-state index contributed by atoms with van der Waals surface area (Å²) in [5.74, 6) is -0.390. The maximum absolute atomic E-state index is 12.9.